The molecule has 3 aliphatic heterocycles. The molecule has 0 amide bonds. The van der Waals surface area contributed by atoms with E-state index in [1.54, 1.807) is 31.7 Å². The molecule has 1 aromatic heterocycles. The van der Waals surface area contributed by atoms with Gasteiger partial charge in [0.25, 0.3) is 0 Å². The SMILES string of the molecule is COc1ccnc(NC23N=CC(C)=C(NO2)N3c2ccc3c(c2)NCO3)c1. The van der Waals surface area contributed by atoms with E-state index >= 15 is 0 Å². The van der Waals surface area contributed by atoms with Gasteiger partial charge in [0.05, 0.1) is 18.5 Å². The summed E-state index contributed by atoms with van der Waals surface area (Å²) < 4.78 is 10.8. The third-order valence-corrected chi connectivity index (χ3v) is 4.59. The highest BCUT2D eigenvalue weighted by molar-refractivity contribution is 5.84. The minimum atomic E-state index is -1.21. The molecule has 2 bridgehead atoms. The smallest absolute Gasteiger partial charge is 0.353 e. The van der Waals surface area contributed by atoms with Gasteiger partial charge in [0.15, 0.2) is 6.73 Å². The number of pyridine rings is 1. The second kappa shape index (κ2) is 5.78. The van der Waals surface area contributed by atoms with Crippen LogP contribution in [0.5, 0.6) is 11.5 Å². The molecule has 3 aliphatic rings. The van der Waals surface area contributed by atoms with Crippen molar-refractivity contribution in [1.82, 2.24) is 10.5 Å². The maximum Gasteiger partial charge on any atom is 0.353 e. The summed E-state index contributed by atoms with van der Waals surface area (Å²) in [6.45, 7) is 2.43. The summed E-state index contributed by atoms with van der Waals surface area (Å²) in [6, 6.07) is 9.46. The molecule has 0 radical (unpaired) electrons. The van der Waals surface area contributed by atoms with Crippen LogP contribution in [0.4, 0.5) is 17.2 Å². The first-order valence-electron chi connectivity index (χ1n) is 8.48. The molecule has 1 unspecified atom stereocenters. The minimum absolute atomic E-state index is 0.463. The Morgan fingerprint density at radius 1 is 1.30 bits per heavy atom. The third kappa shape index (κ3) is 2.43. The fourth-order valence-electron chi connectivity index (χ4n) is 3.25. The number of benzene rings is 1. The molecule has 9 nitrogen and oxygen atoms in total. The van der Waals surface area contributed by atoms with Crippen LogP contribution in [0.15, 0.2) is 52.9 Å². The first kappa shape index (κ1) is 15.8. The molecule has 138 valence electrons. The van der Waals surface area contributed by atoms with E-state index in [4.69, 9.17) is 14.3 Å². The van der Waals surface area contributed by atoms with Gasteiger partial charge < -0.3 is 20.1 Å². The zero-order valence-corrected chi connectivity index (χ0v) is 14.8. The standard InChI is InChI=1S/C18H18N6O3/c1-11-9-21-18(22-16-8-13(25-2)5-6-19-16)24(17(11)23-27-18)12-3-4-15-14(7-12)20-10-26-15/h3-9,20,23H,10H2,1-2H3,(H,19,22). The molecule has 2 aromatic rings. The number of aromatic nitrogens is 1. The molecule has 1 atom stereocenters. The van der Waals surface area contributed by atoms with Crippen molar-refractivity contribution < 1.29 is 14.3 Å². The highest BCUT2D eigenvalue weighted by Crippen LogP contribution is 2.41. The summed E-state index contributed by atoms with van der Waals surface area (Å²) in [5.41, 5.74) is 5.75. The van der Waals surface area contributed by atoms with Crippen molar-refractivity contribution in [1.29, 1.82) is 0 Å². The molecule has 3 N–H and O–H groups in total. The number of allylic oxidation sites excluding steroid dienone is 1. The van der Waals surface area contributed by atoms with Crippen LogP contribution >= 0.6 is 0 Å². The molecule has 5 rings (SSSR count). The van der Waals surface area contributed by atoms with Gasteiger partial charge in [-0.2, -0.15) is 0 Å². The van der Waals surface area contributed by atoms with Gasteiger partial charge in [0.2, 0.25) is 0 Å². The number of anilines is 3. The zero-order valence-electron chi connectivity index (χ0n) is 14.8. The molecular weight excluding hydrogens is 348 g/mol. The summed E-state index contributed by atoms with van der Waals surface area (Å²) in [6.07, 6.45) is 3.43. The van der Waals surface area contributed by atoms with E-state index in [1.165, 1.54) is 0 Å². The summed E-state index contributed by atoms with van der Waals surface area (Å²) in [5, 5.41) is 6.47. The van der Waals surface area contributed by atoms with E-state index in [0.29, 0.717) is 18.3 Å². The number of fused-ring (bicyclic) bond motifs is 3. The summed E-state index contributed by atoms with van der Waals surface area (Å²) >= 11 is 0. The van der Waals surface area contributed by atoms with Crippen molar-refractivity contribution in [3.05, 3.63) is 47.9 Å². The summed E-state index contributed by atoms with van der Waals surface area (Å²) in [4.78, 5) is 16.8. The monoisotopic (exact) mass is 366 g/mol. The molecular formula is C18H18N6O3. The van der Waals surface area contributed by atoms with Crippen molar-refractivity contribution in [3.63, 3.8) is 0 Å². The van der Waals surface area contributed by atoms with Crippen molar-refractivity contribution >= 4 is 23.4 Å². The number of methoxy groups -OCH3 is 1. The van der Waals surface area contributed by atoms with Gasteiger partial charge in [-0.05, 0) is 31.2 Å². The van der Waals surface area contributed by atoms with Gasteiger partial charge in [-0.25, -0.2) is 20.3 Å². The maximum atomic E-state index is 5.88. The quantitative estimate of drug-likeness (QED) is 0.759. The molecule has 0 saturated carbocycles. The zero-order chi connectivity index (χ0) is 18.4. The average Bonchev–Trinajstić information content (AvgIpc) is 3.26. The second-order valence-corrected chi connectivity index (χ2v) is 6.29. The first-order chi connectivity index (χ1) is 13.2. The Morgan fingerprint density at radius 2 is 2.22 bits per heavy atom. The van der Waals surface area contributed by atoms with Crippen LogP contribution in [0.3, 0.4) is 0 Å². The Morgan fingerprint density at radius 3 is 3.11 bits per heavy atom. The van der Waals surface area contributed by atoms with Crippen LogP contribution < -0.4 is 30.5 Å². The number of hydroxylamine groups is 1. The summed E-state index contributed by atoms with van der Waals surface area (Å²) in [7, 11) is 1.61. The number of hydrogen-bond acceptors (Lipinski definition) is 9. The molecule has 1 aromatic carbocycles. The fourth-order valence-corrected chi connectivity index (χ4v) is 3.25. The second-order valence-electron chi connectivity index (χ2n) is 6.29. The van der Waals surface area contributed by atoms with Crippen molar-refractivity contribution in [2.24, 2.45) is 4.99 Å². The predicted octanol–water partition coefficient (Wildman–Crippen LogP) is 2.23. The average molecular weight is 366 g/mol. The van der Waals surface area contributed by atoms with E-state index in [1.807, 2.05) is 30.0 Å². The van der Waals surface area contributed by atoms with Crippen molar-refractivity contribution in [2.75, 3.05) is 29.4 Å². The number of hydrogen-bond donors (Lipinski definition) is 3. The maximum absolute atomic E-state index is 5.88. The molecule has 9 heteroatoms. The van der Waals surface area contributed by atoms with E-state index in [2.05, 4.69) is 26.1 Å². The number of nitrogens with one attached hydrogen (secondary N) is 3. The van der Waals surface area contributed by atoms with Crippen LogP contribution in [0.25, 0.3) is 0 Å². The van der Waals surface area contributed by atoms with Gasteiger partial charge in [-0.1, -0.05) is 0 Å². The van der Waals surface area contributed by atoms with Crippen LogP contribution in [0, 0.1) is 0 Å². The molecule has 0 spiro atoms. The lowest BCUT2D eigenvalue weighted by molar-refractivity contribution is -0.0216. The lowest BCUT2D eigenvalue weighted by Crippen LogP contribution is -2.51. The van der Waals surface area contributed by atoms with E-state index in [-0.39, 0.29) is 0 Å². The number of rotatable bonds is 4. The highest BCUT2D eigenvalue weighted by Gasteiger charge is 2.50. The predicted molar refractivity (Wildman–Crippen MR) is 101 cm³/mol. The first-order valence-corrected chi connectivity index (χ1v) is 8.48. The van der Waals surface area contributed by atoms with E-state index < -0.39 is 5.97 Å². The highest BCUT2D eigenvalue weighted by atomic mass is 16.7. The number of aliphatic imine (C=N–C) groups is 1. The topological polar surface area (TPSA) is 92.3 Å². The van der Waals surface area contributed by atoms with E-state index in [9.17, 15) is 0 Å². The molecule has 4 heterocycles. The van der Waals surface area contributed by atoms with Crippen LogP contribution in [-0.2, 0) is 4.84 Å². The normalized spacial score (nSPS) is 22.1. The van der Waals surface area contributed by atoms with Gasteiger partial charge in [0.1, 0.15) is 23.1 Å². The number of nitrogens with zero attached hydrogens (tertiary/aromatic N) is 3. The minimum Gasteiger partial charge on any atom is -0.497 e. The van der Waals surface area contributed by atoms with Gasteiger partial charge in [-0.3, -0.25) is 4.90 Å². The van der Waals surface area contributed by atoms with Gasteiger partial charge >= 0.3 is 5.97 Å². The Labute approximate surface area is 155 Å². The van der Waals surface area contributed by atoms with Crippen LogP contribution in [0.2, 0.25) is 0 Å². The largest absolute Gasteiger partial charge is 0.497 e. The molecule has 0 aliphatic carbocycles. The van der Waals surface area contributed by atoms with Crippen molar-refractivity contribution in [2.45, 2.75) is 12.9 Å². The molecule has 27 heavy (non-hydrogen) atoms. The fraction of sp³-hybridized carbons (Fsp3) is 0.222. The van der Waals surface area contributed by atoms with Crippen LogP contribution in [-0.4, -0.2) is 31.0 Å². The molecule has 1 fully saturated rings. The number of ether oxygens (including phenoxy) is 2. The molecule has 1 saturated heterocycles. The van der Waals surface area contributed by atoms with Gasteiger partial charge in [0, 0.05) is 24.1 Å². The lowest BCUT2D eigenvalue weighted by atomic mass is 10.2. The Bertz CT molecular complexity index is 975. The van der Waals surface area contributed by atoms with Crippen molar-refractivity contribution in [3.8, 4) is 11.5 Å². The van der Waals surface area contributed by atoms with Gasteiger partial charge in [-0.15, -0.1) is 0 Å². The Kier molecular flexibility index (Phi) is 3.37. The van der Waals surface area contributed by atoms with E-state index in [0.717, 1.165) is 28.5 Å². The Balaban J connectivity index is 1.56. The Hall–Kier alpha value is -3.46. The third-order valence-electron chi connectivity index (χ3n) is 4.59. The summed E-state index contributed by atoms with van der Waals surface area (Å²) in [5.74, 6) is 1.68. The lowest BCUT2D eigenvalue weighted by Gasteiger charge is -2.35. The van der Waals surface area contributed by atoms with Crippen LogP contribution in [0.1, 0.15) is 6.92 Å².